The summed E-state index contributed by atoms with van der Waals surface area (Å²) in [5.74, 6) is -0.184. The second kappa shape index (κ2) is 15.0. The van der Waals surface area contributed by atoms with Gasteiger partial charge in [0.05, 0.1) is 6.61 Å². The molecule has 2 nitrogen and oxygen atoms in total. The van der Waals surface area contributed by atoms with Crippen molar-refractivity contribution in [2.45, 2.75) is 71.6 Å². The van der Waals surface area contributed by atoms with E-state index in [1.807, 2.05) is 0 Å². The van der Waals surface area contributed by atoms with Crippen LogP contribution in [0.1, 0.15) is 71.6 Å². The van der Waals surface area contributed by atoms with Crippen molar-refractivity contribution in [3.8, 4) is 0 Å². The van der Waals surface area contributed by atoms with Gasteiger partial charge in [-0.25, -0.2) is 0 Å². The average Bonchev–Trinajstić information content (AvgIpc) is 2.39. The lowest BCUT2D eigenvalue weighted by atomic mass is 10.1. The van der Waals surface area contributed by atoms with E-state index in [1.165, 1.54) is 45.4 Å². The van der Waals surface area contributed by atoms with Crippen molar-refractivity contribution in [3.63, 3.8) is 0 Å². The van der Waals surface area contributed by atoms with Crippen LogP contribution in [-0.4, -0.2) is 12.6 Å². The molecule has 0 aromatic heterocycles. The summed E-state index contributed by atoms with van der Waals surface area (Å²) < 4.78 is 4.86. The molecular formula is C17H30O2. The van der Waals surface area contributed by atoms with Gasteiger partial charge in [-0.1, -0.05) is 44.1 Å². The number of hydrogen-bond acceptors (Lipinski definition) is 2. The molecule has 0 saturated heterocycles. The summed E-state index contributed by atoms with van der Waals surface area (Å²) in [6.45, 7) is 4.22. The molecule has 110 valence electrons. The van der Waals surface area contributed by atoms with E-state index in [0.29, 0.717) is 6.61 Å². The van der Waals surface area contributed by atoms with Gasteiger partial charge in [-0.15, -0.1) is 0 Å². The minimum atomic E-state index is -0.184. The smallest absolute Gasteiger partial charge is 0.302 e. The van der Waals surface area contributed by atoms with Crippen LogP contribution in [0.3, 0.4) is 0 Å². The zero-order valence-corrected chi connectivity index (χ0v) is 12.7. The Kier molecular flexibility index (Phi) is 14.2. The van der Waals surface area contributed by atoms with E-state index >= 15 is 0 Å². The number of carbonyl (C=O) groups is 1. The lowest BCUT2D eigenvalue weighted by Gasteiger charge is -1.98. The standard InChI is InChI=1S/C17H30O2/c1-3-4-5-6-7-8-9-10-11-12-13-14-15-16-19-17(2)18/h6-7,12-13H,3-5,8-11,14-16H2,1-2H3/b7-6+,13-12-. The van der Waals surface area contributed by atoms with Gasteiger partial charge in [-0.3, -0.25) is 4.79 Å². The van der Waals surface area contributed by atoms with Gasteiger partial charge in [0, 0.05) is 6.92 Å². The summed E-state index contributed by atoms with van der Waals surface area (Å²) in [4.78, 5) is 10.5. The van der Waals surface area contributed by atoms with Gasteiger partial charge in [0.1, 0.15) is 0 Å². The van der Waals surface area contributed by atoms with Crippen LogP contribution in [0.5, 0.6) is 0 Å². The van der Waals surface area contributed by atoms with E-state index in [2.05, 4.69) is 31.2 Å². The Morgan fingerprint density at radius 1 is 0.842 bits per heavy atom. The van der Waals surface area contributed by atoms with Crippen LogP contribution in [0.4, 0.5) is 0 Å². The number of hydrogen-bond donors (Lipinski definition) is 0. The van der Waals surface area contributed by atoms with Crippen LogP contribution in [0.2, 0.25) is 0 Å². The van der Waals surface area contributed by atoms with Crippen molar-refractivity contribution in [2.24, 2.45) is 0 Å². The first kappa shape index (κ1) is 17.9. The van der Waals surface area contributed by atoms with Gasteiger partial charge in [0.2, 0.25) is 0 Å². The summed E-state index contributed by atoms with van der Waals surface area (Å²) in [5, 5.41) is 0. The molecule has 0 rings (SSSR count). The molecule has 0 saturated carbocycles. The molecule has 0 aromatic rings. The molecule has 0 amide bonds. The van der Waals surface area contributed by atoms with Gasteiger partial charge in [-0.05, 0) is 44.9 Å². The second-order valence-corrected chi connectivity index (χ2v) is 4.85. The Balaban J connectivity index is 3.16. The molecule has 0 heterocycles. The zero-order chi connectivity index (χ0) is 14.2. The van der Waals surface area contributed by atoms with Crippen LogP contribution in [0.25, 0.3) is 0 Å². The monoisotopic (exact) mass is 266 g/mol. The molecule has 0 radical (unpaired) electrons. The summed E-state index contributed by atoms with van der Waals surface area (Å²) in [5.41, 5.74) is 0. The van der Waals surface area contributed by atoms with Crippen LogP contribution < -0.4 is 0 Å². The lowest BCUT2D eigenvalue weighted by molar-refractivity contribution is -0.141. The zero-order valence-electron chi connectivity index (χ0n) is 12.7. The fourth-order valence-electron chi connectivity index (χ4n) is 1.73. The minimum absolute atomic E-state index is 0.184. The molecule has 19 heavy (non-hydrogen) atoms. The first-order valence-corrected chi connectivity index (χ1v) is 7.70. The SMILES string of the molecule is CCCC/C=C/CCCC/C=C\CCCOC(C)=O. The molecule has 0 aromatic carbocycles. The van der Waals surface area contributed by atoms with Crippen molar-refractivity contribution in [2.75, 3.05) is 6.61 Å². The molecular weight excluding hydrogens is 236 g/mol. The maximum atomic E-state index is 10.5. The third kappa shape index (κ3) is 16.9. The molecule has 0 aliphatic carbocycles. The molecule has 0 atom stereocenters. The normalized spacial score (nSPS) is 11.5. The summed E-state index contributed by atoms with van der Waals surface area (Å²) in [7, 11) is 0. The van der Waals surface area contributed by atoms with E-state index in [-0.39, 0.29) is 5.97 Å². The van der Waals surface area contributed by atoms with Crippen molar-refractivity contribution < 1.29 is 9.53 Å². The third-order valence-electron chi connectivity index (χ3n) is 2.87. The molecule has 0 aliphatic heterocycles. The molecule has 2 heteroatoms. The quantitative estimate of drug-likeness (QED) is 0.276. The van der Waals surface area contributed by atoms with Crippen molar-refractivity contribution in [1.82, 2.24) is 0 Å². The molecule has 0 fully saturated rings. The topological polar surface area (TPSA) is 26.3 Å². The number of carbonyl (C=O) groups excluding carboxylic acids is 1. The molecule has 0 aliphatic rings. The average molecular weight is 266 g/mol. The van der Waals surface area contributed by atoms with Crippen molar-refractivity contribution in [3.05, 3.63) is 24.3 Å². The maximum Gasteiger partial charge on any atom is 0.302 e. The van der Waals surface area contributed by atoms with Crippen molar-refractivity contribution in [1.29, 1.82) is 0 Å². The summed E-state index contributed by atoms with van der Waals surface area (Å²) in [6, 6.07) is 0. The Labute approximate surface area is 118 Å². The van der Waals surface area contributed by atoms with E-state index in [9.17, 15) is 4.79 Å². The third-order valence-corrected chi connectivity index (χ3v) is 2.87. The van der Waals surface area contributed by atoms with E-state index in [1.54, 1.807) is 0 Å². The molecule has 0 bridgehead atoms. The minimum Gasteiger partial charge on any atom is -0.466 e. The Morgan fingerprint density at radius 2 is 1.32 bits per heavy atom. The number of unbranched alkanes of at least 4 members (excludes halogenated alkanes) is 6. The second-order valence-electron chi connectivity index (χ2n) is 4.85. The number of esters is 1. The van der Waals surface area contributed by atoms with Crippen LogP contribution in [0.15, 0.2) is 24.3 Å². The van der Waals surface area contributed by atoms with E-state index in [0.717, 1.165) is 19.3 Å². The molecule has 0 N–H and O–H groups in total. The van der Waals surface area contributed by atoms with Gasteiger partial charge < -0.3 is 4.74 Å². The fraction of sp³-hybridized carbons (Fsp3) is 0.706. The highest BCUT2D eigenvalue weighted by atomic mass is 16.5. The van der Waals surface area contributed by atoms with Gasteiger partial charge in [-0.2, -0.15) is 0 Å². The Bertz CT molecular complexity index is 254. The predicted molar refractivity (Wildman–Crippen MR) is 82.1 cm³/mol. The summed E-state index contributed by atoms with van der Waals surface area (Å²) >= 11 is 0. The number of ether oxygens (including phenoxy) is 1. The lowest BCUT2D eigenvalue weighted by Crippen LogP contribution is -1.99. The first-order chi connectivity index (χ1) is 9.27. The Morgan fingerprint density at radius 3 is 1.79 bits per heavy atom. The van der Waals surface area contributed by atoms with Gasteiger partial charge >= 0.3 is 5.97 Å². The highest BCUT2D eigenvalue weighted by molar-refractivity contribution is 5.65. The maximum absolute atomic E-state index is 10.5. The number of rotatable bonds is 12. The number of allylic oxidation sites excluding steroid dienone is 4. The first-order valence-electron chi connectivity index (χ1n) is 7.70. The van der Waals surface area contributed by atoms with Crippen LogP contribution in [-0.2, 0) is 9.53 Å². The largest absolute Gasteiger partial charge is 0.466 e. The van der Waals surface area contributed by atoms with Crippen molar-refractivity contribution >= 4 is 5.97 Å². The summed E-state index contributed by atoms with van der Waals surface area (Å²) in [6.07, 6.45) is 19.7. The van der Waals surface area contributed by atoms with E-state index in [4.69, 9.17) is 4.74 Å². The highest BCUT2D eigenvalue weighted by Gasteiger charge is 1.90. The van der Waals surface area contributed by atoms with E-state index < -0.39 is 0 Å². The predicted octanol–water partition coefficient (Wildman–Crippen LogP) is 5.19. The fourth-order valence-corrected chi connectivity index (χ4v) is 1.73. The highest BCUT2D eigenvalue weighted by Crippen LogP contribution is 2.04. The van der Waals surface area contributed by atoms with Crippen LogP contribution in [0, 0.1) is 0 Å². The molecule has 0 spiro atoms. The Hall–Kier alpha value is -1.05. The van der Waals surface area contributed by atoms with Gasteiger partial charge in [0.25, 0.3) is 0 Å². The molecule has 0 unspecified atom stereocenters. The van der Waals surface area contributed by atoms with Gasteiger partial charge in [0.15, 0.2) is 0 Å². The van der Waals surface area contributed by atoms with Crippen LogP contribution >= 0.6 is 0 Å².